The molecular weight excluding hydrogens is 417 g/mol. The Kier molecular flexibility index (Phi) is 22.1. The number of ether oxygens (including phenoxy) is 1. The number of nitrogens with one attached hydrogen (secondary N) is 1. The van der Waals surface area contributed by atoms with Crippen LogP contribution in [0.2, 0.25) is 0 Å². The molecule has 0 aliphatic carbocycles. The topological polar surface area (TPSA) is 94.1 Å². The fraction of sp³-hybridized carbons (Fsp3) is 0.957. The van der Waals surface area contributed by atoms with Crippen molar-refractivity contribution in [2.24, 2.45) is 0 Å². The first kappa shape index (κ1) is 30.4. The van der Waals surface area contributed by atoms with Crippen molar-refractivity contribution >= 4 is 13.9 Å². The van der Waals surface area contributed by atoms with E-state index in [1.54, 1.807) is 6.92 Å². The van der Waals surface area contributed by atoms with Gasteiger partial charge in [0.15, 0.2) is 0 Å². The predicted molar refractivity (Wildman–Crippen MR) is 126 cm³/mol. The Labute approximate surface area is 190 Å². The van der Waals surface area contributed by atoms with Crippen LogP contribution in [0.15, 0.2) is 0 Å². The summed E-state index contributed by atoms with van der Waals surface area (Å²) in [6.45, 7) is 4.73. The van der Waals surface area contributed by atoms with Crippen LogP contribution in [0.1, 0.15) is 117 Å². The Morgan fingerprint density at radius 2 is 1.19 bits per heavy atom. The van der Waals surface area contributed by atoms with Gasteiger partial charge in [0.25, 0.3) is 0 Å². The van der Waals surface area contributed by atoms with Crippen LogP contribution in [0.3, 0.4) is 0 Å². The summed E-state index contributed by atoms with van der Waals surface area (Å²) in [5, 5.41) is 2.73. The lowest BCUT2D eigenvalue weighted by Gasteiger charge is -2.11. The summed E-state index contributed by atoms with van der Waals surface area (Å²) in [7, 11) is -3.96. The summed E-state index contributed by atoms with van der Waals surface area (Å²) in [5.74, 6) is 0. The van der Waals surface area contributed by atoms with Crippen LogP contribution in [0.4, 0.5) is 4.79 Å². The van der Waals surface area contributed by atoms with Gasteiger partial charge in [-0.2, -0.15) is 0 Å². The van der Waals surface area contributed by atoms with Crippen molar-refractivity contribution in [3.63, 3.8) is 0 Å². The number of rotatable bonds is 23. The molecule has 0 saturated heterocycles. The monoisotopic (exact) mass is 465 g/mol. The Morgan fingerprint density at radius 1 is 0.710 bits per heavy atom. The Bertz CT molecular complexity index is 450. The Morgan fingerprint density at radius 3 is 1.68 bits per heavy atom. The number of phosphoric acid groups is 1. The standard InChI is InChI=1S/C23H48NO6P/c1-3-5-6-7-8-9-10-11-12-13-14-15-16-17-18-20-24-23(25)28-21-19-22-30-31(26,27)29-4-2/h3-22H2,1-2H3,(H,24,25)(H,26,27). The van der Waals surface area contributed by atoms with Crippen LogP contribution >= 0.6 is 7.82 Å². The summed E-state index contributed by atoms with van der Waals surface area (Å²) in [4.78, 5) is 20.8. The lowest BCUT2D eigenvalue weighted by molar-refractivity contribution is 0.123. The Balaban J connectivity index is 3.24. The summed E-state index contributed by atoms with van der Waals surface area (Å²) < 4.78 is 25.6. The minimum Gasteiger partial charge on any atom is -0.449 e. The Hall–Kier alpha value is -0.620. The van der Waals surface area contributed by atoms with Crippen LogP contribution in [-0.4, -0.2) is 37.4 Å². The van der Waals surface area contributed by atoms with E-state index in [9.17, 15) is 14.3 Å². The third kappa shape index (κ3) is 23.9. The molecule has 1 unspecified atom stereocenters. The molecule has 0 aliphatic heterocycles. The third-order valence-corrected chi connectivity index (χ3v) is 6.21. The van der Waals surface area contributed by atoms with Gasteiger partial charge in [0.05, 0.1) is 19.8 Å². The largest absolute Gasteiger partial charge is 0.472 e. The van der Waals surface area contributed by atoms with Gasteiger partial charge in [0, 0.05) is 13.0 Å². The minimum atomic E-state index is -3.96. The van der Waals surface area contributed by atoms with Gasteiger partial charge in [-0.05, 0) is 13.3 Å². The second kappa shape index (κ2) is 22.6. The van der Waals surface area contributed by atoms with Crippen molar-refractivity contribution in [1.82, 2.24) is 5.32 Å². The number of alkyl carbamates (subject to hydrolysis) is 1. The molecule has 0 aromatic rings. The molecule has 31 heavy (non-hydrogen) atoms. The number of amides is 1. The highest BCUT2D eigenvalue weighted by molar-refractivity contribution is 7.47. The molecule has 8 heteroatoms. The van der Waals surface area contributed by atoms with Crippen molar-refractivity contribution in [2.75, 3.05) is 26.4 Å². The fourth-order valence-corrected chi connectivity index (χ4v) is 4.10. The first-order valence-electron chi connectivity index (χ1n) is 12.5. The van der Waals surface area contributed by atoms with E-state index in [4.69, 9.17) is 9.26 Å². The minimum absolute atomic E-state index is 0.000104. The van der Waals surface area contributed by atoms with Crippen molar-refractivity contribution in [2.45, 2.75) is 117 Å². The maximum atomic E-state index is 11.6. The summed E-state index contributed by atoms with van der Waals surface area (Å²) in [6, 6.07) is 0. The van der Waals surface area contributed by atoms with Crippen molar-refractivity contribution in [1.29, 1.82) is 0 Å². The lowest BCUT2D eigenvalue weighted by Crippen LogP contribution is -2.25. The highest BCUT2D eigenvalue weighted by Crippen LogP contribution is 2.42. The normalized spacial score (nSPS) is 13.1. The highest BCUT2D eigenvalue weighted by Gasteiger charge is 2.19. The maximum absolute atomic E-state index is 11.6. The molecule has 0 aliphatic rings. The number of hydrogen-bond donors (Lipinski definition) is 2. The van der Waals surface area contributed by atoms with E-state index >= 15 is 0 Å². The molecule has 0 rings (SSSR count). The van der Waals surface area contributed by atoms with E-state index in [-0.39, 0.29) is 19.8 Å². The second-order valence-electron chi connectivity index (χ2n) is 8.09. The van der Waals surface area contributed by atoms with Crippen LogP contribution < -0.4 is 5.32 Å². The van der Waals surface area contributed by atoms with Gasteiger partial charge in [-0.15, -0.1) is 0 Å². The third-order valence-electron chi connectivity index (χ3n) is 5.12. The van der Waals surface area contributed by atoms with Crippen molar-refractivity contribution in [3.8, 4) is 0 Å². The molecule has 0 saturated carbocycles. The zero-order valence-corrected chi connectivity index (χ0v) is 21.0. The molecule has 0 aromatic heterocycles. The number of hydrogen-bond acceptors (Lipinski definition) is 5. The van der Waals surface area contributed by atoms with Gasteiger partial charge in [-0.3, -0.25) is 9.05 Å². The van der Waals surface area contributed by atoms with Gasteiger partial charge in [-0.25, -0.2) is 9.36 Å². The molecule has 0 fully saturated rings. The van der Waals surface area contributed by atoms with E-state index in [1.165, 1.54) is 83.5 Å². The van der Waals surface area contributed by atoms with Crippen LogP contribution in [0.5, 0.6) is 0 Å². The molecule has 186 valence electrons. The summed E-state index contributed by atoms with van der Waals surface area (Å²) >= 11 is 0. The molecule has 0 heterocycles. The van der Waals surface area contributed by atoms with Gasteiger partial charge >= 0.3 is 13.9 Å². The molecule has 0 radical (unpaired) electrons. The zero-order valence-electron chi connectivity index (χ0n) is 20.1. The molecule has 0 spiro atoms. The van der Waals surface area contributed by atoms with E-state index in [1.807, 2.05) is 0 Å². The van der Waals surface area contributed by atoms with Crippen molar-refractivity contribution in [3.05, 3.63) is 0 Å². The van der Waals surface area contributed by atoms with Gasteiger partial charge in [0.2, 0.25) is 0 Å². The average molecular weight is 466 g/mol. The molecule has 0 aromatic carbocycles. The van der Waals surface area contributed by atoms with Gasteiger partial charge in [0.1, 0.15) is 0 Å². The summed E-state index contributed by atoms with van der Waals surface area (Å²) in [6.07, 6.45) is 19.6. The second-order valence-corrected chi connectivity index (χ2v) is 9.54. The number of unbranched alkanes of at least 4 members (excludes halogenated alkanes) is 14. The van der Waals surface area contributed by atoms with E-state index < -0.39 is 13.9 Å². The van der Waals surface area contributed by atoms with E-state index in [2.05, 4.69) is 16.8 Å². The van der Waals surface area contributed by atoms with Crippen LogP contribution in [0.25, 0.3) is 0 Å². The van der Waals surface area contributed by atoms with E-state index in [0.717, 1.165) is 12.8 Å². The number of phosphoric ester groups is 1. The summed E-state index contributed by atoms with van der Waals surface area (Å²) in [5.41, 5.74) is 0. The molecule has 2 N–H and O–H groups in total. The number of carbonyl (C=O) groups is 1. The molecule has 7 nitrogen and oxygen atoms in total. The predicted octanol–water partition coefficient (Wildman–Crippen LogP) is 7.13. The molecule has 1 amide bonds. The van der Waals surface area contributed by atoms with Crippen molar-refractivity contribution < 1.29 is 28.0 Å². The van der Waals surface area contributed by atoms with Crippen LogP contribution in [0, 0.1) is 0 Å². The highest BCUT2D eigenvalue weighted by atomic mass is 31.2. The average Bonchev–Trinajstić information content (AvgIpc) is 2.73. The van der Waals surface area contributed by atoms with Gasteiger partial charge in [-0.1, -0.05) is 96.8 Å². The molecule has 0 bridgehead atoms. The molecular formula is C23H48NO6P. The zero-order chi connectivity index (χ0) is 23.0. The van der Waals surface area contributed by atoms with Gasteiger partial charge < -0.3 is 14.9 Å². The van der Waals surface area contributed by atoms with E-state index in [0.29, 0.717) is 13.0 Å². The smallest absolute Gasteiger partial charge is 0.449 e. The SMILES string of the molecule is CCCCCCCCCCCCCCCCCNC(=O)OCCCOP(=O)(O)OCC. The maximum Gasteiger partial charge on any atom is 0.472 e. The molecule has 1 atom stereocenters. The quantitative estimate of drug-likeness (QED) is 0.123. The number of carbonyl (C=O) groups excluding carboxylic acids is 1. The fourth-order valence-electron chi connectivity index (χ4n) is 3.34. The first-order chi connectivity index (χ1) is 15.0. The lowest BCUT2D eigenvalue weighted by atomic mass is 10.0. The first-order valence-corrected chi connectivity index (χ1v) is 14.0. The van der Waals surface area contributed by atoms with Crippen LogP contribution in [-0.2, 0) is 18.3 Å².